The first-order valence-electron chi connectivity index (χ1n) is 7.98. The van der Waals surface area contributed by atoms with Crippen molar-refractivity contribution in [1.29, 1.82) is 0 Å². The molecule has 0 saturated heterocycles. The molecule has 29 heavy (non-hydrogen) atoms. The first kappa shape index (κ1) is 21.5. The Hall–Kier alpha value is -3.82. The van der Waals surface area contributed by atoms with Gasteiger partial charge < -0.3 is 21.5 Å². The van der Waals surface area contributed by atoms with Gasteiger partial charge in [-0.05, 0) is 42.0 Å². The minimum absolute atomic E-state index is 0.0533. The van der Waals surface area contributed by atoms with Crippen molar-refractivity contribution in [2.24, 2.45) is 16.5 Å². The molecular weight excluding hydrogens is 392 g/mol. The SMILES string of the molecule is C=CC(=O)Nc1ccc(F)c(N=C(N)/C(=C\N)c2cccc(OC(F)(F)F)c2)c1. The van der Waals surface area contributed by atoms with Crippen LogP contribution in [0.3, 0.4) is 0 Å². The zero-order chi connectivity index (χ0) is 21.6. The van der Waals surface area contributed by atoms with Crippen molar-refractivity contribution in [3.8, 4) is 5.75 Å². The Morgan fingerprint density at radius 3 is 2.55 bits per heavy atom. The van der Waals surface area contributed by atoms with E-state index in [2.05, 4.69) is 21.6 Å². The number of rotatable bonds is 6. The Balaban J connectivity index is 2.37. The lowest BCUT2D eigenvalue weighted by Crippen LogP contribution is -2.18. The molecule has 6 nitrogen and oxygen atoms in total. The molecule has 0 heterocycles. The van der Waals surface area contributed by atoms with Crippen LogP contribution in [0.4, 0.5) is 28.9 Å². The molecule has 0 atom stereocenters. The van der Waals surface area contributed by atoms with Crippen LogP contribution in [-0.2, 0) is 4.79 Å². The zero-order valence-electron chi connectivity index (χ0n) is 14.8. The lowest BCUT2D eigenvalue weighted by Gasteiger charge is -2.12. The van der Waals surface area contributed by atoms with Gasteiger partial charge in [0.25, 0.3) is 0 Å². The first-order chi connectivity index (χ1) is 13.6. The van der Waals surface area contributed by atoms with E-state index < -0.39 is 23.8 Å². The average molecular weight is 408 g/mol. The van der Waals surface area contributed by atoms with Crippen molar-refractivity contribution in [2.45, 2.75) is 6.36 Å². The molecule has 0 unspecified atom stereocenters. The number of aliphatic imine (C=N–C) groups is 1. The predicted octanol–water partition coefficient (Wildman–Crippen LogP) is 3.84. The summed E-state index contributed by atoms with van der Waals surface area (Å²) in [6.45, 7) is 3.31. The summed E-state index contributed by atoms with van der Waals surface area (Å²) >= 11 is 0. The van der Waals surface area contributed by atoms with Crippen LogP contribution in [0.25, 0.3) is 5.57 Å². The Morgan fingerprint density at radius 2 is 1.93 bits per heavy atom. The van der Waals surface area contributed by atoms with Gasteiger partial charge >= 0.3 is 6.36 Å². The van der Waals surface area contributed by atoms with Crippen molar-refractivity contribution in [2.75, 3.05) is 5.32 Å². The number of amidine groups is 1. The number of nitrogens with zero attached hydrogens (tertiary/aromatic N) is 1. The van der Waals surface area contributed by atoms with Gasteiger partial charge in [-0.15, -0.1) is 13.2 Å². The number of hydrogen-bond acceptors (Lipinski definition) is 4. The Morgan fingerprint density at radius 1 is 1.21 bits per heavy atom. The van der Waals surface area contributed by atoms with E-state index in [1.54, 1.807) is 0 Å². The molecular formula is C19H16F4N4O2. The van der Waals surface area contributed by atoms with E-state index in [0.717, 1.165) is 30.5 Å². The van der Waals surface area contributed by atoms with Gasteiger partial charge in [-0.1, -0.05) is 18.7 Å². The highest BCUT2D eigenvalue weighted by Gasteiger charge is 2.31. The van der Waals surface area contributed by atoms with E-state index >= 15 is 0 Å². The van der Waals surface area contributed by atoms with Crippen LogP contribution < -0.4 is 21.5 Å². The van der Waals surface area contributed by atoms with Crippen LogP contribution in [0.1, 0.15) is 5.56 Å². The number of amides is 1. The molecule has 0 aliphatic heterocycles. The topological polar surface area (TPSA) is 103 Å². The van der Waals surface area contributed by atoms with Crippen LogP contribution in [-0.4, -0.2) is 18.1 Å². The minimum Gasteiger partial charge on any atom is -0.406 e. The molecule has 2 aromatic carbocycles. The predicted molar refractivity (Wildman–Crippen MR) is 102 cm³/mol. The highest BCUT2D eigenvalue weighted by atomic mass is 19.4. The fourth-order valence-corrected chi connectivity index (χ4v) is 2.25. The van der Waals surface area contributed by atoms with Gasteiger partial charge in [0.1, 0.15) is 23.1 Å². The summed E-state index contributed by atoms with van der Waals surface area (Å²) in [6, 6.07) is 8.50. The van der Waals surface area contributed by atoms with E-state index in [0.29, 0.717) is 0 Å². The smallest absolute Gasteiger partial charge is 0.406 e. The molecule has 0 aromatic heterocycles. The quantitative estimate of drug-likeness (QED) is 0.292. The van der Waals surface area contributed by atoms with E-state index in [9.17, 15) is 22.4 Å². The molecule has 0 spiro atoms. The maximum Gasteiger partial charge on any atom is 0.573 e. The molecule has 0 aliphatic rings. The van der Waals surface area contributed by atoms with Crippen LogP contribution in [0.5, 0.6) is 5.75 Å². The Bertz CT molecular complexity index is 984. The van der Waals surface area contributed by atoms with Gasteiger partial charge in [-0.2, -0.15) is 0 Å². The van der Waals surface area contributed by atoms with Crippen LogP contribution in [0, 0.1) is 5.82 Å². The first-order valence-corrected chi connectivity index (χ1v) is 7.98. The molecule has 1 amide bonds. The second-order valence-corrected chi connectivity index (χ2v) is 5.51. The maximum atomic E-state index is 14.1. The minimum atomic E-state index is -4.87. The lowest BCUT2D eigenvalue weighted by atomic mass is 10.1. The monoisotopic (exact) mass is 408 g/mol. The van der Waals surface area contributed by atoms with E-state index in [4.69, 9.17) is 11.5 Å². The normalized spacial score (nSPS) is 12.4. The maximum absolute atomic E-state index is 14.1. The highest BCUT2D eigenvalue weighted by Crippen LogP contribution is 2.28. The van der Waals surface area contributed by atoms with E-state index in [1.165, 1.54) is 24.3 Å². The van der Waals surface area contributed by atoms with Crippen molar-refractivity contribution < 1.29 is 27.1 Å². The molecule has 5 N–H and O–H groups in total. The molecule has 0 radical (unpaired) electrons. The molecule has 0 aliphatic carbocycles. The number of benzene rings is 2. The second-order valence-electron chi connectivity index (χ2n) is 5.51. The third kappa shape index (κ3) is 6.09. The third-order valence-electron chi connectivity index (χ3n) is 3.46. The molecule has 2 rings (SSSR count). The van der Waals surface area contributed by atoms with Gasteiger partial charge in [-0.3, -0.25) is 4.79 Å². The fraction of sp³-hybridized carbons (Fsp3) is 0.0526. The zero-order valence-corrected chi connectivity index (χ0v) is 14.8. The number of carbonyl (C=O) groups excluding carboxylic acids is 1. The number of halogens is 4. The summed E-state index contributed by atoms with van der Waals surface area (Å²) in [5.41, 5.74) is 11.7. The number of anilines is 1. The molecule has 0 bridgehead atoms. The second kappa shape index (κ2) is 8.91. The van der Waals surface area contributed by atoms with Crippen molar-refractivity contribution in [1.82, 2.24) is 0 Å². The number of ether oxygens (including phenoxy) is 1. The highest BCUT2D eigenvalue weighted by molar-refractivity contribution is 6.22. The number of alkyl halides is 3. The van der Waals surface area contributed by atoms with Crippen molar-refractivity contribution in [3.05, 3.63) is 72.7 Å². The number of nitrogens with one attached hydrogen (secondary N) is 1. The number of hydrogen-bond donors (Lipinski definition) is 3. The summed E-state index contributed by atoms with van der Waals surface area (Å²) in [5, 5.41) is 2.44. The van der Waals surface area contributed by atoms with Gasteiger partial charge in [0.05, 0.1) is 0 Å². The summed E-state index contributed by atoms with van der Waals surface area (Å²) in [6.07, 6.45) is -2.82. The van der Waals surface area contributed by atoms with Gasteiger partial charge in [0, 0.05) is 17.5 Å². The average Bonchev–Trinajstić information content (AvgIpc) is 2.64. The lowest BCUT2D eigenvalue weighted by molar-refractivity contribution is -0.274. The van der Waals surface area contributed by atoms with Crippen LogP contribution in [0.15, 0.2) is 66.3 Å². The Kier molecular flexibility index (Phi) is 6.60. The molecule has 0 fully saturated rings. The molecule has 0 saturated carbocycles. The van der Waals surface area contributed by atoms with E-state index in [1.807, 2.05) is 0 Å². The van der Waals surface area contributed by atoms with Gasteiger partial charge in [0.2, 0.25) is 5.91 Å². The standard InChI is InChI=1S/C19H16F4N4O2/c1-2-17(28)26-12-6-7-15(20)16(9-12)27-18(25)14(10-24)11-4-3-5-13(8-11)29-19(21,22)23/h2-10H,1,24H2,(H2,25,27)(H,26,28)/b14-10-. The fourth-order valence-electron chi connectivity index (χ4n) is 2.25. The van der Waals surface area contributed by atoms with Crippen molar-refractivity contribution in [3.63, 3.8) is 0 Å². The van der Waals surface area contributed by atoms with Gasteiger partial charge in [0.15, 0.2) is 0 Å². The summed E-state index contributed by atoms with van der Waals surface area (Å²) in [4.78, 5) is 15.3. The largest absolute Gasteiger partial charge is 0.573 e. The summed E-state index contributed by atoms with van der Waals surface area (Å²) in [5.74, 6) is -2.00. The molecule has 10 heteroatoms. The molecule has 152 valence electrons. The van der Waals surface area contributed by atoms with Crippen molar-refractivity contribution >= 4 is 28.7 Å². The summed E-state index contributed by atoms with van der Waals surface area (Å²) in [7, 11) is 0. The molecule has 2 aromatic rings. The number of carbonyl (C=O) groups is 1. The third-order valence-corrected chi connectivity index (χ3v) is 3.46. The summed E-state index contributed by atoms with van der Waals surface area (Å²) < 4.78 is 55.2. The van der Waals surface area contributed by atoms with Crippen LogP contribution in [0.2, 0.25) is 0 Å². The Labute approximate surface area is 163 Å². The number of nitrogens with two attached hydrogens (primary N) is 2. The van der Waals surface area contributed by atoms with Gasteiger partial charge in [-0.25, -0.2) is 9.38 Å². The van der Waals surface area contributed by atoms with Crippen LogP contribution >= 0.6 is 0 Å². The van der Waals surface area contributed by atoms with E-state index in [-0.39, 0.29) is 28.3 Å².